The smallest absolute Gasteiger partial charge is 0.307 e. The van der Waals surface area contributed by atoms with Crippen molar-refractivity contribution in [1.82, 2.24) is 0 Å². The number of nitrogen functional groups attached to an aromatic ring is 1. The van der Waals surface area contributed by atoms with Crippen LogP contribution >= 0.6 is 0 Å². The molecule has 0 heterocycles. The topological polar surface area (TPSA) is 63.3 Å². The Labute approximate surface area is 82.9 Å². The van der Waals surface area contributed by atoms with Crippen molar-refractivity contribution in [3.8, 4) is 0 Å². The number of benzene rings is 1. The first-order chi connectivity index (χ1) is 6.65. The number of anilines is 1. The molecule has 1 aromatic carbocycles. The molecule has 1 aromatic rings. The van der Waals surface area contributed by atoms with Crippen molar-refractivity contribution in [2.24, 2.45) is 0 Å². The van der Waals surface area contributed by atoms with Gasteiger partial charge in [-0.15, -0.1) is 0 Å². The molecule has 0 saturated carbocycles. The van der Waals surface area contributed by atoms with Crippen LogP contribution in [-0.4, -0.2) is 11.1 Å². The molecule has 0 unspecified atom stereocenters. The van der Waals surface area contributed by atoms with Crippen LogP contribution in [0.1, 0.15) is 18.1 Å². The van der Waals surface area contributed by atoms with Crippen molar-refractivity contribution in [3.63, 3.8) is 0 Å². The average molecular weight is 191 g/mol. The van der Waals surface area contributed by atoms with Crippen molar-refractivity contribution >= 4 is 17.7 Å². The van der Waals surface area contributed by atoms with Crippen LogP contribution in [0.2, 0.25) is 0 Å². The molecule has 14 heavy (non-hydrogen) atoms. The van der Waals surface area contributed by atoms with Crippen LogP contribution in [0.3, 0.4) is 0 Å². The second-order valence-corrected chi connectivity index (χ2v) is 2.99. The monoisotopic (exact) mass is 191 g/mol. The number of carbonyl (C=O) groups is 1. The number of allylic oxidation sites excluding steroid dienone is 1. The van der Waals surface area contributed by atoms with Crippen molar-refractivity contribution in [2.45, 2.75) is 13.3 Å². The third-order valence-corrected chi connectivity index (χ3v) is 1.91. The van der Waals surface area contributed by atoms with E-state index in [9.17, 15) is 4.79 Å². The van der Waals surface area contributed by atoms with E-state index in [1.807, 2.05) is 19.1 Å². The summed E-state index contributed by atoms with van der Waals surface area (Å²) in [6.07, 6.45) is 3.68. The Morgan fingerprint density at radius 3 is 2.86 bits per heavy atom. The highest BCUT2D eigenvalue weighted by Gasteiger charge is 2.06. The van der Waals surface area contributed by atoms with Crippen LogP contribution < -0.4 is 5.73 Å². The summed E-state index contributed by atoms with van der Waals surface area (Å²) in [5.41, 5.74) is 7.90. The number of aliphatic carboxylic acids is 1. The van der Waals surface area contributed by atoms with E-state index in [0.717, 1.165) is 11.1 Å². The third-order valence-electron chi connectivity index (χ3n) is 1.91. The summed E-state index contributed by atoms with van der Waals surface area (Å²) in [6.45, 7) is 1.87. The quantitative estimate of drug-likeness (QED) is 0.717. The highest BCUT2D eigenvalue weighted by Crippen LogP contribution is 2.19. The Bertz CT molecular complexity index is 370. The maximum absolute atomic E-state index is 10.6. The normalized spacial score (nSPS) is 10.6. The minimum absolute atomic E-state index is 0.00468. The van der Waals surface area contributed by atoms with Gasteiger partial charge in [0.2, 0.25) is 0 Å². The second kappa shape index (κ2) is 4.46. The maximum Gasteiger partial charge on any atom is 0.307 e. The molecule has 3 heteroatoms. The molecule has 0 bridgehead atoms. The Morgan fingerprint density at radius 1 is 1.57 bits per heavy atom. The van der Waals surface area contributed by atoms with Gasteiger partial charge in [0.15, 0.2) is 0 Å². The van der Waals surface area contributed by atoms with Crippen molar-refractivity contribution in [3.05, 3.63) is 35.4 Å². The minimum Gasteiger partial charge on any atom is -0.481 e. The molecular formula is C11H13NO2. The Kier molecular flexibility index (Phi) is 3.29. The van der Waals surface area contributed by atoms with Gasteiger partial charge in [-0.05, 0) is 18.6 Å². The van der Waals surface area contributed by atoms with Gasteiger partial charge in [0.05, 0.1) is 6.42 Å². The zero-order valence-corrected chi connectivity index (χ0v) is 8.03. The molecule has 0 aliphatic heterocycles. The standard InChI is InChI=1S/C11H13NO2/c1-2-4-9-8(7-11(13)14)5-3-6-10(9)12/h2-6H,7,12H2,1H3,(H,13,14)/b4-2-. The van der Waals surface area contributed by atoms with E-state index in [1.54, 1.807) is 18.2 Å². The highest BCUT2D eigenvalue weighted by atomic mass is 16.4. The van der Waals surface area contributed by atoms with Gasteiger partial charge >= 0.3 is 5.97 Å². The van der Waals surface area contributed by atoms with Gasteiger partial charge in [-0.1, -0.05) is 24.3 Å². The van der Waals surface area contributed by atoms with Gasteiger partial charge in [-0.3, -0.25) is 4.79 Å². The van der Waals surface area contributed by atoms with E-state index in [-0.39, 0.29) is 6.42 Å². The molecule has 3 N–H and O–H groups in total. The Morgan fingerprint density at radius 2 is 2.29 bits per heavy atom. The highest BCUT2D eigenvalue weighted by molar-refractivity contribution is 5.76. The van der Waals surface area contributed by atoms with Crippen LogP contribution in [0.25, 0.3) is 6.08 Å². The molecule has 0 amide bonds. The summed E-state index contributed by atoms with van der Waals surface area (Å²) < 4.78 is 0. The van der Waals surface area contributed by atoms with Crippen LogP contribution in [-0.2, 0) is 11.2 Å². The van der Waals surface area contributed by atoms with E-state index < -0.39 is 5.97 Å². The van der Waals surface area contributed by atoms with E-state index in [0.29, 0.717) is 5.69 Å². The predicted molar refractivity (Wildman–Crippen MR) is 56.9 cm³/mol. The lowest BCUT2D eigenvalue weighted by atomic mass is 10.0. The first-order valence-electron chi connectivity index (χ1n) is 4.37. The lowest BCUT2D eigenvalue weighted by molar-refractivity contribution is -0.136. The molecule has 0 aromatic heterocycles. The first-order valence-corrected chi connectivity index (χ1v) is 4.37. The van der Waals surface area contributed by atoms with E-state index in [2.05, 4.69) is 0 Å². The lowest BCUT2D eigenvalue weighted by Gasteiger charge is -2.06. The lowest BCUT2D eigenvalue weighted by Crippen LogP contribution is -2.03. The summed E-state index contributed by atoms with van der Waals surface area (Å²) in [5, 5.41) is 8.69. The fourth-order valence-corrected chi connectivity index (χ4v) is 1.32. The zero-order chi connectivity index (χ0) is 10.6. The molecule has 3 nitrogen and oxygen atoms in total. The molecular weight excluding hydrogens is 178 g/mol. The molecule has 0 atom stereocenters. The SMILES string of the molecule is C/C=C\c1c(N)cccc1CC(=O)O. The summed E-state index contributed by atoms with van der Waals surface area (Å²) in [5.74, 6) is -0.846. The molecule has 0 spiro atoms. The van der Waals surface area contributed by atoms with E-state index in [1.165, 1.54) is 0 Å². The molecule has 74 valence electrons. The Balaban J connectivity index is 3.14. The van der Waals surface area contributed by atoms with Gasteiger partial charge in [-0.2, -0.15) is 0 Å². The number of carboxylic acid groups (broad SMARTS) is 1. The number of nitrogens with two attached hydrogens (primary N) is 1. The zero-order valence-electron chi connectivity index (χ0n) is 8.03. The molecule has 0 radical (unpaired) electrons. The van der Waals surface area contributed by atoms with E-state index >= 15 is 0 Å². The van der Waals surface area contributed by atoms with E-state index in [4.69, 9.17) is 10.8 Å². The summed E-state index contributed by atoms with van der Waals surface area (Å²) in [6, 6.07) is 5.31. The van der Waals surface area contributed by atoms with Gasteiger partial charge in [0.1, 0.15) is 0 Å². The fourth-order valence-electron chi connectivity index (χ4n) is 1.32. The van der Waals surface area contributed by atoms with Gasteiger partial charge in [0.25, 0.3) is 0 Å². The van der Waals surface area contributed by atoms with Crippen molar-refractivity contribution < 1.29 is 9.90 Å². The first kappa shape index (κ1) is 10.3. The molecule has 0 aliphatic rings. The predicted octanol–water partition coefficient (Wildman–Crippen LogP) is 1.93. The van der Waals surface area contributed by atoms with Crippen LogP contribution in [0, 0.1) is 0 Å². The van der Waals surface area contributed by atoms with Crippen LogP contribution in [0.15, 0.2) is 24.3 Å². The van der Waals surface area contributed by atoms with Crippen LogP contribution in [0.5, 0.6) is 0 Å². The molecule has 0 saturated heterocycles. The number of hydrogen-bond donors (Lipinski definition) is 2. The summed E-state index contributed by atoms with van der Waals surface area (Å²) in [4.78, 5) is 10.6. The molecule has 0 fully saturated rings. The Hall–Kier alpha value is -1.77. The average Bonchev–Trinajstić information content (AvgIpc) is 2.10. The van der Waals surface area contributed by atoms with Crippen molar-refractivity contribution in [2.75, 3.05) is 5.73 Å². The van der Waals surface area contributed by atoms with Crippen molar-refractivity contribution in [1.29, 1.82) is 0 Å². The third kappa shape index (κ3) is 2.36. The molecule has 1 rings (SSSR count). The van der Waals surface area contributed by atoms with Gasteiger partial charge in [-0.25, -0.2) is 0 Å². The number of carboxylic acids is 1. The largest absolute Gasteiger partial charge is 0.481 e. The summed E-state index contributed by atoms with van der Waals surface area (Å²) in [7, 11) is 0. The summed E-state index contributed by atoms with van der Waals surface area (Å²) >= 11 is 0. The second-order valence-electron chi connectivity index (χ2n) is 2.99. The van der Waals surface area contributed by atoms with Crippen LogP contribution in [0.4, 0.5) is 5.69 Å². The minimum atomic E-state index is -0.846. The number of rotatable bonds is 3. The van der Waals surface area contributed by atoms with Gasteiger partial charge < -0.3 is 10.8 Å². The maximum atomic E-state index is 10.6. The molecule has 0 aliphatic carbocycles. The number of hydrogen-bond acceptors (Lipinski definition) is 2. The van der Waals surface area contributed by atoms with Gasteiger partial charge in [0, 0.05) is 11.3 Å². The fraction of sp³-hybridized carbons (Fsp3) is 0.182.